The van der Waals surface area contributed by atoms with Crippen molar-refractivity contribution >= 4 is 23.6 Å². The molecule has 0 aromatic heterocycles. The fourth-order valence-electron chi connectivity index (χ4n) is 1.71. The molecule has 0 aliphatic carbocycles. The Labute approximate surface area is 124 Å². The van der Waals surface area contributed by atoms with Crippen molar-refractivity contribution in [2.75, 3.05) is 5.32 Å². The number of ether oxygens (including phenoxy) is 2. The Morgan fingerprint density at radius 1 is 1.27 bits per heavy atom. The highest BCUT2D eigenvalue weighted by Crippen LogP contribution is 2.23. The van der Waals surface area contributed by atoms with Crippen molar-refractivity contribution < 1.29 is 33.4 Å². The molecule has 0 amide bonds. The van der Waals surface area contributed by atoms with Crippen molar-refractivity contribution in [3.8, 4) is 0 Å². The molecule has 1 aromatic rings. The number of carboxylic acids is 1. The molecule has 116 valence electrons. The van der Waals surface area contributed by atoms with Gasteiger partial charge in [-0.1, -0.05) is 0 Å². The molecular weight excluding hydrogens is 297 g/mol. The van der Waals surface area contributed by atoms with E-state index in [9.17, 15) is 18.8 Å². The minimum absolute atomic E-state index is 0.153. The first-order valence-corrected chi connectivity index (χ1v) is 6.16. The minimum Gasteiger partial charge on any atom is -0.478 e. The van der Waals surface area contributed by atoms with Gasteiger partial charge in [0, 0.05) is 25.7 Å². The number of hydrogen-bond donors (Lipinski definition) is 2. The number of carbonyl (C=O) groups excluding carboxylic acids is 2. The number of nitrogens with one attached hydrogen (secondary N) is 1. The van der Waals surface area contributed by atoms with Crippen molar-refractivity contribution in [3.05, 3.63) is 41.4 Å². The van der Waals surface area contributed by atoms with Crippen LogP contribution in [0, 0.1) is 5.82 Å². The van der Waals surface area contributed by atoms with Crippen molar-refractivity contribution in [1.29, 1.82) is 0 Å². The molecule has 1 aliphatic rings. The second kappa shape index (κ2) is 5.47. The van der Waals surface area contributed by atoms with Gasteiger partial charge in [0.15, 0.2) is 5.57 Å². The number of rotatable bonds is 3. The Balaban J connectivity index is 2.18. The molecule has 2 N–H and O–H groups in total. The lowest BCUT2D eigenvalue weighted by molar-refractivity contribution is -0.222. The van der Waals surface area contributed by atoms with Crippen molar-refractivity contribution in [3.63, 3.8) is 0 Å². The first-order chi connectivity index (χ1) is 10.2. The minimum atomic E-state index is -1.40. The second-order valence-electron chi connectivity index (χ2n) is 4.88. The van der Waals surface area contributed by atoms with Gasteiger partial charge >= 0.3 is 17.9 Å². The summed E-state index contributed by atoms with van der Waals surface area (Å²) in [6.45, 7) is 2.82. The predicted octanol–water partition coefficient (Wildman–Crippen LogP) is 1.66. The summed E-state index contributed by atoms with van der Waals surface area (Å²) in [6.07, 6.45) is 1.01. The molecular formula is C14H12FNO6. The lowest BCUT2D eigenvalue weighted by Gasteiger charge is -2.29. The van der Waals surface area contributed by atoms with E-state index in [2.05, 4.69) is 5.32 Å². The van der Waals surface area contributed by atoms with Crippen LogP contribution in [-0.2, 0) is 19.1 Å². The standard InChI is InChI=1S/C14H12FNO6/c1-14(2)21-12(19)9(13(20)22-14)6-16-7-3-4-8(11(17)18)10(15)5-7/h3-6,16H,1-2H3,(H,17,18). The summed E-state index contributed by atoms with van der Waals surface area (Å²) in [5.41, 5.74) is -0.723. The van der Waals surface area contributed by atoms with E-state index in [0.717, 1.165) is 18.3 Å². The number of aromatic carboxylic acids is 1. The molecule has 0 bridgehead atoms. The average Bonchev–Trinajstić information content (AvgIpc) is 2.35. The van der Waals surface area contributed by atoms with Gasteiger partial charge in [0.1, 0.15) is 5.82 Å². The zero-order chi connectivity index (χ0) is 16.5. The van der Waals surface area contributed by atoms with Gasteiger partial charge in [0.2, 0.25) is 0 Å². The van der Waals surface area contributed by atoms with Crippen LogP contribution < -0.4 is 5.32 Å². The summed E-state index contributed by atoms with van der Waals surface area (Å²) >= 11 is 0. The van der Waals surface area contributed by atoms with Gasteiger partial charge in [-0.3, -0.25) is 0 Å². The predicted molar refractivity (Wildman–Crippen MR) is 71.3 cm³/mol. The van der Waals surface area contributed by atoms with E-state index in [1.165, 1.54) is 19.9 Å². The smallest absolute Gasteiger partial charge is 0.350 e. The molecule has 1 heterocycles. The fourth-order valence-corrected chi connectivity index (χ4v) is 1.71. The molecule has 7 nitrogen and oxygen atoms in total. The lowest BCUT2D eigenvalue weighted by atomic mass is 10.2. The maximum absolute atomic E-state index is 13.5. The first-order valence-electron chi connectivity index (χ1n) is 6.16. The van der Waals surface area contributed by atoms with Gasteiger partial charge < -0.3 is 19.9 Å². The summed E-state index contributed by atoms with van der Waals surface area (Å²) in [4.78, 5) is 34.0. The van der Waals surface area contributed by atoms with Crippen LogP contribution >= 0.6 is 0 Å². The zero-order valence-corrected chi connectivity index (χ0v) is 11.7. The largest absolute Gasteiger partial charge is 0.478 e. The number of hydrogen-bond acceptors (Lipinski definition) is 6. The Bertz CT molecular complexity index is 673. The van der Waals surface area contributed by atoms with Gasteiger partial charge in [0.05, 0.1) is 5.56 Å². The Morgan fingerprint density at radius 2 is 1.86 bits per heavy atom. The van der Waals surface area contributed by atoms with E-state index in [1.54, 1.807) is 0 Å². The third-order valence-corrected chi connectivity index (χ3v) is 2.70. The van der Waals surface area contributed by atoms with Gasteiger partial charge in [-0.25, -0.2) is 18.8 Å². The normalized spacial score (nSPS) is 16.6. The summed E-state index contributed by atoms with van der Waals surface area (Å²) in [5, 5.41) is 11.2. The number of carboxylic acid groups (broad SMARTS) is 1. The summed E-state index contributed by atoms with van der Waals surface area (Å²) < 4.78 is 23.3. The molecule has 1 aromatic carbocycles. The monoisotopic (exact) mass is 309 g/mol. The molecule has 0 unspecified atom stereocenters. The van der Waals surface area contributed by atoms with Crippen LogP contribution in [0.25, 0.3) is 0 Å². The molecule has 0 atom stereocenters. The van der Waals surface area contributed by atoms with E-state index in [0.29, 0.717) is 0 Å². The third-order valence-electron chi connectivity index (χ3n) is 2.70. The number of cyclic esters (lactones) is 2. The number of carbonyl (C=O) groups is 3. The van der Waals surface area contributed by atoms with Gasteiger partial charge in [-0.05, 0) is 18.2 Å². The number of esters is 2. The molecule has 1 aliphatic heterocycles. The molecule has 0 spiro atoms. The highest BCUT2D eigenvalue weighted by molar-refractivity contribution is 6.15. The number of benzene rings is 1. The van der Waals surface area contributed by atoms with Crippen LogP contribution in [0.3, 0.4) is 0 Å². The van der Waals surface area contributed by atoms with Crippen LogP contribution in [-0.4, -0.2) is 28.8 Å². The lowest BCUT2D eigenvalue weighted by Crippen LogP contribution is -2.42. The van der Waals surface area contributed by atoms with Gasteiger partial charge in [-0.15, -0.1) is 0 Å². The van der Waals surface area contributed by atoms with E-state index in [1.807, 2.05) is 0 Å². The second-order valence-corrected chi connectivity index (χ2v) is 4.88. The van der Waals surface area contributed by atoms with E-state index in [4.69, 9.17) is 14.6 Å². The zero-order valence-electron chi connectivity index (χ0n) is 11.7. The molecule has 0 radical (unpaired) electrons. The first kappa shape index (κ1) is 15.5. The summed E-state index contributed by atoms with van der Waals surface area (Å²) in [6, 6.07) is 3.26. The van der Waals surface area contributed by atoms with Crippen molar-refractivity contribution in [2.45, 2.75) is 19.6 Å². The van der Waals surface area contributed by atoms with Crippen LogP contribution in [0.4, 0.5) is 10.1 Å². The third kappa shape index (κ3) is 3.22. The number of halogens is 1. The van der Waals surface area contributed by atoms with Crippen molar-refractivity contribution in [2.24, 2.45) is 0 Å². The SMILES string of the molecule is CC1(C)OC(=O)C(=CNc2ccc(C(=O)O)c(F)c2)C(=O)O1. The highest BCUT2D eigenvalue weighted by atomic mass is 19.1. The Morgan fingerprint density at radius 3 is 2.36 bits per heavy atom. The van der Waals surface area contributed by atoms with Crippen LogP contribution in [0.15, 0.2) is 30.0 Å². The van der Waals surface area contributed by atoms with E-state index < -0.39 is 35.1 Å². The molecule has 1 fully saturated rings. The molecule has 0 saturated carbocycles. The van der Waals surface area contributed by atoms with Crippen LogP contribution in [0.2, 0.25) is 0 Å². The summed E-state index contributed by atoms with van der Waals surface area (Å²) in [7, 11) is 0. The van der Waals surface area contributed by atoms with Gasteiger partial charge in [0.25, 0.3) is 5.79 Å². The molecule has 22 heavy (non-hydrogen) atoms. The molecule has 2 rings (SSSR count). The Hall–Kier alpha value is -2.90. The van der Waals surface area contributed by atoms with E-state index >= 15 is 0 Å². The average molecular weight is 309 g/mol. The van der Waals surface area contributed by atoms with Gasteiger partial charge in [-0.2, -0.15) is 0 Å². The Kier molecular flexibility index (Phi) is 3.85. The van der Waals surface area contributed by atoms with Crippen molar-refractivity contribution in [1.82, 2.24) is 0 Å². The fraction of sp³-hybridized carbons (Fsp3) is 0.214. The maximum Gasteiger partial charge on any atom is 0.350 e. The van der Waals surface area contributed by atoms with E-state index in [-0.39, 0.29) is 11.3 Å². The highest BCUT2D eigenvalue weighted by Gasteiger charge is 2.38. The van der Waals surface area contributed by atoms with Crippen LogP contribution in [0.5, 0.6) is 0 Å². The quantitative estimate of drug-likeness (QED) is 0.497. The molecule has 8 heteroatoms. The van der Waals surface area contributed by atoms with Crippen LogP contribution in [0.1, 0.15) is 24.2 Å². The maximum atomic E-state index is 13.5. The summed E-state index contributed by atoms with van der Waals surface area (Å²) in [5.74, 6) is -5.46. The number of anilines is 1. The molecule has 1 saturated heterocycles. The topological polar surface area (TPSA) is 102 Å².